The van der Waals surface area contributed by atoms with Crippen LogP contribution in [-0.2, 0) is 6.42 Å². The minimum atomic E-state index is -2.96. The van der Waals surface area contributed by atoms with Crippen LogP contribution in [0.3, 0.4) is 0 Å². The van der Waals surface area contributed by atoms with Crippen LogP contribution in [0.25, 0.3) is 0 Å². The summed E-state index contributed by atoms with van der Waals surface area (Å²) in [7, 11) is 0. The van der Waals surface area contributed by atoms with Crippen molar-refractivity contribution in [1.82, 2.24) is 4.98 Å². The molecule has 0 unspecified atom stereocenters. The lowest BCUT2D eigenvalue weighted by atomic mass is 10.2. The molecule has 0 amide bonds. The standard InChI is InChI=1S/C8H4F2IN3O2/c9-7(10)6-5(14(15)16)3-4(1-2-12)13-8(6)11/h3,7H,1H2. The smallest absolute Gasteiger partial charge is 0.258 e. The van der Waals surface area contributed by atoms with Crippen molar-refractivity contribution in [2.24, 2.45) is 0 Å². The first-order valence-electron chi connectivity index (χ1n) is 3.96. The highest BCUT2D eigenvalue weighted by molar-refractivity contribution is 14.1. The van der Waals surface area contributed by atoms with Crippen LogP contribution in [0.1, 0.15) is 17.7 Å². The maximum absolute atomic E-state index is 12.6. The van der Waals surface area contributed by atoms with Gasteiger partial charge < -0.3 is 0 Å². The third-order valence-corrected chi connectivity index (χ3v) is 2.54. The van der Waals surface area contributed by atoms with Gasteiger partial charge in [-0.25, -0.2) is 13.8 Å². The molecule has 0 N–H and O–H groups in total. The molecule has 0 saturated heterocycles. The summed E-state index contributed by atoms with van der Waals surface area (Å²) in [6.07, 6.45) is -3.11. The normalized spacial score (nSPS) is 10.2. The lowest BCUT2D eigenvalue weighted by Crippen LogP contribution is -2.04. The van der Waals surface area contributed by atoms with Crippen molar-refractivity contribution in [1.29, 1.82) is 5.26 Å². The molecule has 0 saturated carbocycles. The molecular weight excluding hydrogens is 335 g/mol. The van der Waals surface area contributed by atoms with E-state index in [1.807, 2.05) is 0 Å². The molecule has 0 aliphatic rings. The van der Waals surface area contributed by atoms with E-state index >= 15 is 0 Å². The van der Waals surface area contributed by atoms with Gasteiger partial charge in [0.15, 0.2) is 0 Å². The summed E-state index contributed by atoms with van der Waals surface area (Å²) in [5.41, 5.74) is -1.28. The van der Waals surface area contributed by atoms with Crippen molar-refractivity contribution >= 4 is 28.3 Å². The summed E-state index contributed by atoms with van der Waals surface area (Å²) in [6.45, 7) is 0. The average Bonchev–Trinajstić information content (AvgIpc) is 2.16. The Hall–Kier alpha value is -1.37. The minimum Gasteiger partial charge on any atom is -0.258 e. The second-order valence-electron chi connectivity index (χ2n) is 2.73. The summed E-state index contributed by atoms with van der Waals surface area (Å²) < 4.78 is 25.0. The zero-order valence-electron chi connectivity index (χ0n) is 7.65. The van der Waals surface area contributed by atoms with Crippen molar-refractivity contribution in [2.45, 2.75) is 12.8 Å². The van der Waals surface area contributed by atoms with Gasteiger partial charge >= 0.3 is 0 Å². The third-order valence-electron chi connectivity index (χ3n) is 1.72. The monoisotopic (exact) mass is 339 g/mol. The molecule has 16 heavy (non-hydrogen) atoms. The Labute approximate surface area is 102 Å². The van der Waals surface area contributed by atoms with Crippen LogP contribution in [0.15, 0.2) is 6.07 Å². The molecule has 0 atom stereocenters. The second kappa shape index (κ2) is 5.11. The van der Waals surface area contributed by atoms with E-state index in [1.54, 1.807) is 6.07 Å². The Balaban J connectivity index is 3.40. The van der Waals surface area contributed by atoms with Gasteiger partial charge in [-0.15, -0.1) is 0 Å². The van der Waals surface area contributed by atoms with Gasteiger partial charge in [0.2, 0.25) is 0 Å². The molecule has 1 rings (SSSR count). The Morgan fingerprint density at radius 1 is 1.69 bits per heavy atom. The number of nitriles is 1. The molecule has 0 fully saturated rings. The number of rotatable bonds is 3. The third kappa shape index (κ3) is 2.60. The van der Waals surface area contributed by atoms with E-state index in [-0.39, 0.29) is 15.8 Å². The first-order valence-corrected chi connectivity index (χ1v) is 5.04. The fraction of sp³-hybridized carbons (Fsp3) is 0.250. The molecule has 1 heterocycles. The number of nitrogens with zero attached hydrogens (tertiary/aromatic N) is 3. The number of alkyl halides is 2. The Bertz CT molecular complexity index is 473. The number of aromatic nitrogens is 1. The molecule has 8 heteroatoms. The van der Waals surface area contributed by atoms with Crippen LogP contribution in [-0.4, -0.2) is 9.91 Å². The molecule has 5 nitrogen and oxygen atoms in total. The first kappa shape index (κ1) is 12.7. The van der Waals surface area contributed by atoms with Gasteiger partial charge in [-0.2, -0.15) is 5.26 Å². The summed E-state index contributed by atoms with van der Waals surface area (Å²) in [5, 5.41) is 19.0. The van der Waals surface area contributed by atoms with Crippen LogP contribution in [0.5, 0.6) is 0 Å². The van der Waals surface area contributed by atoms with Crippen LogP contribution in [0, 0.1) is 25.1 Å². The molecule has 0 bridgehead atoms. The van der Waals surface area contributed by atoms with Crippen molar-refractivity contribution in [3.8, 4) is 6.07 Å². The van der Waals surface area contributed by atoms with E-state index in [1.165, 1.54) is 22.6 Å². The highest BCUT2D eigenvalue weighted by Gasteiger charge is 2.26. The van der Waals surface area contributed by atoms with Crippen LogP contribution >= 0.6 is 22.6 Å². The zero-order valence-corrected chi connectivity index (χ0v) is 9.81. The fourth-order valence-electron chi connectivity index (χ4n) is 1.08. The SMILES string of the molecule is N#CCc1cc([N+](=O)[O-])c(C(F)F)c(I)n1. The number of pyridine rings is 1. The molecule has 0 aromatic carbocycles. The van der Waals surface area contributed by atoms with Gasteiger partial charge in [0.05, 0.1) is 23.1 Å². The number of hydrogen-bond acceptors (Lipinski definition) is 4. The summed E-state index contributed by atoms with van der Waals surface area (Å²) in [6, 6.07) is 2.66. The topological polar surface area (TPSA) is 79.8 Å². The Kier molecular flexibility index (Phi) is 4.05. The van der Waals surface area contributed by atoms with Gasteiger partial charge in [0.25, 0.3) is 12.1 Å². The van der Waals surface area contributed by atoms with E-state index in [2.05, 4.69) is 4.98 Å². The largest absolute Gasteiger partial charge is 0.282 e. The summed E-state index contributed by atoms with van der Waals surface area (Å²) in [5.74, 6) is 0. The molecule has 1 aromatic rings. The van der Waals surface area contributed by atoms with Crippen LogP contribution < -0.4 is 0 Å². The lowest BCUT2D eigenvalue weighted by molar-refractivity contribution is -0.386. The molecule has 0 spiro atoms. The fourth-order valence-corrected chi connectivity index (χ4v) is 1.91. The predicted molar refractivity (Wildman–Crippen MR) is 57.9 cm³/mol. The predicted octanol–water partition coefficient (Wildman–Crippen LogP) is 2.60. The molecule has 0 aliphatic carbocycles. The van der Waals surface area contributed by atoms with Gasteiger partial charge in [-0.1, -0.05) is 0 Å². The van der Waals surface area contributed by atoms with Gasteiger partial charge in [-0.3, -0.25) is 10.1 Å². The quantitative estimate of drug-likeness (QED) is 0.367. The average molecular weight is 339 g/mol. The molecule has 1 aromatic heterocycles. The van der Waals surface area contributed by atoms with Crippen LogP contribution in [0.2, 0.25) is 0 Å². The molecule has 0 aliphatic heterocycles. The maximum atomic E-state index is 12.6. The maximum Gasteiger partial charge on any atom is 0.282 e. The highest BCUT2D eigenvalue weighted by atomic mass is 127. The number of hydrogen-bond donors (Lipinski definition) is 0. The minimum absolute atomic E-state index is 0.114. The lowest BCUT2D eigenvalue weighted by Gasteiger charge is -2.05. The number of nitro groups is 1. The van der Waals surface area contributed by atoms with E-state index in [9.17, 15) is 18.9 Å². The first-order chi connectivity index (χ1) is 7.47. The van der Waals surface area contributed by atoms with Gasteiger partial charge in [0, 0.05) is 6.07 Å². The molecule has 84 valence electrons. The Morgan fingerprint density at radius 3 is 2.75 bits per heavy atom. The highest BCUT2D eigenvalue weighted by Crippen LogP contribution is 2.32. The zero-order chi connectivity index (χ0) is 12.3. The molecular formula is C8H4F2IN3O2. The Morgan fingerprint density at radius 2 is 2.31 bits per heavy atom. The summed E-state index contributed by atoms with van der Waals surface area (Å²) >= 11 is 1.49. The van der Waals surface area contributed by atoms with Crippen LogP contribution in [0.4, 0.5) is 14.5 Å². The van der Waals surface area contributed by atoms with E-state index < -0.39 is 22.6 Å². The van der Waals surface area contributed by atoms with E-state index in [0.717, 1.165) is 6.07 Å². The van der Waals surface area contributed by atoms with Gasteiger partial charge in [0.1, 0.15) is 9.26 Å². The van der Waals surface area contributed by atoms with Crippen molar-refractivity contribution < 1.29 is 13.7 Å². The van der Waals surface area contributed by atoms with Crippen molar-refractivity contribution in [3.05, 3.63) is 31.1 Å². The van der Waals surface area contributed by atoms with E-state index in [4.69, 9.17) is 5.26 Å². The van der Waals surface area contributed by atoms with Crippen molar-refractivity contribution in [2.75, 3.05) is 0 Å². The second-order valence-corrected chi connectivity index (χ2v) is 3.75. The van der Waals surface area contributed by atoms with Gasteiger partial charge in [-0.05, 0) is 22.6 Å². The summed E-state index contributed by atoms with van der Waals surface area (Å²) in [4.78, 5) is 13.4. The van der Waals surface area contributed by atoms with E-state index in [0.29, 0.717) is 0 Å². The molecule has 0 radical (unpaired) electrons. The van der Waals surface area contributed by atoms with Crippen molar-refractivity contribution in [3.63, 3.8) is 0 Å². The number of halogens is 3.